The van der Waals surface area contributed by atoms with Gasteiger partial charge >= 0.3 is 0 Å². The van der Waals surface area contributed by atoms with Gasteiger partial charge in [0.25, 0.3) is 0 Å². The van der Waals surface area contributed by atoms with Crippen molar-refractivity contribution in [2.24, 2.45) is 0 Å². The number of carbonyl (C=O) groups is 1. The van der Waals surface area contributed by atoms with Crippen molar-refractivity contribution in [1.29, 1.82) is 0 Å². The standard InChI is InChI=1S/C23H28N2O3/c1-2-17-6-9-19(10-7-17)24-23(26)16-25-12-3-5-20(25)18-8-11-21-22(15-18)28-14-4-13-27-21/h6-11,15,20H,2-5,12-14,16H2,1H3,(H,24,26)/t20-/m1/s1. The van der Waals surface area contributed by atoms with Crippen LogP contribution >= 0.6 is 0 Å². The molecule has 2 aromatic rings. The molecule has 5 heteroatoms. The SMILES string of the molecule is CCc1ccc(NC(=O)CN2CCC[C@@H]2c2ccc3c(c2)OCCCO3)cc1. The summed E-state index contributed by atoms with van der Waals surface area (Å²) in [6.07, 6.45) is 4.05. The first-order chi connectivity index (χ1) is 13.7. The van der Waals surface area contributed by atoms with Crippen molar-refractivity contribution in [3.8, 4) is 11.5 Å². The molecule has 148 valence electrons. The molecule has 0 aromatic heterocycles. The van der Waals surface area contributed by atoms with E-state index < -0.39 is 0 Å². The number of nitrogens with zero attached hydrogens (tertiary/aromatic N) is 1. The number of nitrogens with one attached hydrogen (secondary N) is 1. The highest BCUT2D eigenvalue weighted by Crippen LogP contribution is 2.37. The van der Waals surface area contributed by atoms with Crippen LogP contribution < -0.4 is 14.8 Å². The summed E-state index contributed by atoms with van der Waals surface area (Å²) >= 11 is 0. The second kappa shape index (κ2) is 8.65. The fourth-order valence-corrected chi connectivity index (χ4v) is 3.99. The molecule has 2 heterocycles. The summed E-state index contributed by atoms with van der Waals surface area (Å²) in [4.78, 5) is 14.8. The van der Waals surface area contributed by atoms with Gasteiger partial charge in [0, 0.05) is 18.2 Å². The number of likely N-dealkylation sites (tertiary alicyclic amines) is 1. The Hall–Kier alpha value is -2.53. The maximum Gasteiger partial charge on any atom is 0.238 e. The van der Waals surface area contributed by atoms with Gasteiger partial charge in [0.2, 0.25) is 5.91 Å². The average molecular weight is 380 g/mol. The molecule has 0 spiro atoms. The minimum atomic E-state index is 0.0329. The minimum absolute atomic E-state index is 0.0329. The molecule has 1 amide bonds. The number of anilines is 1. The molecule has 0 unspecified atom stereocenters. The highest BCUT2D eigenvalue weighted by Gasteiger charge is 2.28. The van der Waals surface area contributed by atoms with E-state index in [-0.39, 0.29) is 11.9 Å². The molecule has 5 nitrogen and oxygen atoms in total. The van der Waals surface area contributed by atoms with Gasteiger partial charge in [-0.05, 0) is 61.2 Å². The molecule has 0 saturated carbocycles. The zero-order chi connectivity index (χ0) is 19.3. The molecule has 1 saturated heterocycles. The number of rotatable bonds is 5. The molecule has 2 aliphatic heterocycles. The third kappa shape index (κ3) is 4.30. The summed E-state index contributed by atoms with van der Waals surface area (Å²) in [5.41, 5.74) is 3.32. The van der Waals surface area contributed by atoms with E-state index in [1.54, 1.807) is 0 Å². The molecule has 2 aliphatic rings. The Morgan fingerprint density at radius 1 is 1.07 bits per heavy atom. The third-order valence-electron chi connectivity index (χ3n) is 5.51. The van der Waals surface area contributed by atoms with Gasteiger partial charge in [-0.15, -0.1) is 0 Å². The second-order valence-corrected chi connectivity index (χ2v) is 7.48. The first kappa shape index (κ1) is 18.8. The van der Waals surface area contributed by atoms with Crippen LogP contribution in [0.5, 0.6) is 11.5 Å². The average Bonchev–Trinajstić information content (AvgIpc) is 3.03. The van der Waals surface area contributed by atoms with Gasteiger partial charge in [0.05, 0.1) is 19.8 Å². The maximum atomic E-state index is 12.6. The van der Waals surface area contributed by atoms with E-state index in [0.29, 0.717) is 19.8 Å². The van der Waals surface area contributed by atoms with Gasteiger partial charge in [0.15, 0.2) is 11.5 Å². The number of carbonyl (C=O) groups excluding carboxylic acids is 1. The Morgan fingerprint density at radius 3 is 2.64 bits per heavy atom. The van der Waals surface area contributed by atoms with Crippen LogP contribution in [-0.4, -0.2) is 37.1 Å². The van der Waals surface area contributed by atoms with Crippen LogP contribution in [0.25, 0.3) is 0 Å². The van der Waals surface area contributed by atoms with Crippen LogP contribution in [-0.2, 0) is 11.2 Å². The summed E-state index contributed by atoms with van der Waals surface area (Å²) in [5.74, 6) is 1.67. The lowest BCUT2D eigenvalue weighted by Crippen LogP contribution is -2.32. The predicted molar refractivity (Wildman–Crippen MR) is 110 cm³/mol. The Labute approximate surface area is 166 Å². The molecule has 1 N–H and O–H groups in total. The van der Waals surface area contributed by atoms with Crippen molar-refractivity contribution in [2.75, 3.05) is 31.6 Å². The largest absolute Gasteiger partial charge is 0.490 e. The van der Waals surface area contributed by atoms with Crippen molar-refractivity contribution < 1.29 is 14.3 Å². The fourth-order valence-electron chi connectivity index (χ4n) is 3.99. The maximum absolute atomic E-state index is 12.6. The highest BCUT2D eigenvalue weighted by molar-refractivity contribution is 5.92. The molecule has 0 bridgehead atoms. The second-order valence-electron chi connectivity index (χ2n) is 7.48. The lowest BCUT2D eigenvalue weighted by molar-refractivity contribution is -0.117. The lowest BCUT2D eigenvalue weighted by Gasteiger charge is -2.25. The monoisotopic (exact) mass is 380 g/mol. The van der Waals surface area contributed by atoms with Gasteiger partial charge in [0.1, 0.15) is 0 Å². The van der Waals surface area contributed by atoms with Gasteiger partial charge in [-0.1, -0.05) is 25.1 Å². The molecule has 1 fully saturated rings. The van der Waals surface area contributed by atoms with Crippen molar-refractivity contribution in [3.63, 3.8) is 0 Å². The molecule has 2 aromatic carbocycles. The molecule has 1 atom stereocenters. The number of fused-ring (bicyclic) bond motifs is 1. The van der Waals surface area contributed by atoms with Crippen LogP contribution in [0.2, 0.25) is 0 Å². The molecular weight excluding hydrogens is 352 g/mol. The van der Waals surface area contributed by atoms with Gasteiger partial charge in [-0.25, -0.2) is 0 Å². The Balaban J connectivity index is 1.41. The molecular formula is C23H28N2O3. The van der Waals surface area contributed by atoms with Gasteiger partial charge in [-0.3, -0.25) is 9.69 Å². The molecule has 0 aliphatic carbocycles. The quantitative estimate of drug-likeness (QED) is 0.845. The zero-order valence-electron chi connectivity index (χ0n) is 16.4. The summed E-state index contributed by atoms with van der Waals surface area (Å²) < 4.78 is 11.6. The topological polar surface area (TPSA) is 50.8 Å². The Kier molecular flexibility index (Phi) is 5.81. The van der Waals surface area contributed by atoms with E-state index in [4.69, 9.17) is 9.47 Å². The van der Waals surface area contributed by atoms with Crippen molar-refractivity contribution >= 4 is 11.6 Å². The summed E-state index contributed by atoms with van der Waals surface area (Å²) in [6.45, 7) is 4.84. The van der Waals surface area contributed by atoms with Crippen LogP contribution in [0.1, 0.15) is 43.4 Å². The van der Waals surface area contributed by atoms with Crippen LogP contribution in [0.4, 0.5) is 5.69 Å². The first-order valence-corrected chi connectivity index (χ1v) is 10.3. The third-order valence-corrected chi connectivity index (χ3v) is 5.51. The number of amides is 1. The number of hydrogen-bond acceptors (Lipinski definition) is 4. The molecule has 4 rings (SSSR count). The van der Waals surface area contributed by atoms with Crippen molar-refractivity contribution in [2.45, 2.75) is 38.6 Å². The van der Waals surface area contributed by atoms with E-state index in [1.165, 1.54) is 11.1 Å². The van der Waals surface area contributed by atoms with Crippen LogP contribution in [0.15, 0.2) is 42.5 Å². The van der Waals surface area contributed by atoms with E-state index in [9.17, 15) is 4.79 Å². The number of ether oxygens (including phenoxy) is 2. The molecule has 0 radical (unpaired) electrons. The number of aryl methyl sites for hydroxylation is 1. The van der Waals surface area contributed by atoms with Crippen molar-refractivity contribution in [1.82, 2.24) is 4.90 Å². The Morgan fingerprint density at radius 2 is 1.86 bits per heavy atom. The van der Waals surface area contributed by atoms with E-state index in [1.807, 2.05) is 18.2 Å². The smallest absolute Gasteiger partial charge is 0.238 e. The Bertz CT molecular complexity index is 819. The van der Waals surface area contributed by atoms with Gasteiger partial charge in [-0.2, -0.15) is 0 Å². The fraction of sp³-hybridized carbons (Fsp3) is 0.435. The normalized spacial score (nSPS) is 19.2. The van der Waals surface area contributed by atoms with E-state index in [0.717, 1.165) is 49.4 Å². The summed E-state index contributed by atoms with van der Waals surface area (Å²) in [5, 5.41) is 3.03. The number of hydrogen-bond donors (Lipinski definition) is 1. The van der Waals surface area contributed by atoms with E-state index >= 15 is 0 Å². The number of benzene rings is 2. The van der Waals surface area contributed by atoms with Gasteiger partial charge < -0.3 is 14.8 Å². The van der Waals surface area contributed by atoms with E-state index in [2.05, 4.69) is 41.4 Å². The minimum Gasteiger partial charge on any atom is -0.490 e. The first-order valence-electron chi connectivity index (χ1n) is 10.3. The highest BCUT2D eigenvalue weighted by atomic mass is 16.5. The lowest BCUT2D eigenvalue weighted by atomic mass is 10.0. The van der Waals surface area contributed by atoms with Crippen LogP contribution in [0.3, 0.4) is 0 Å². The molecule has 28 heavy (non-hydrogen) atoms. The summed E-state index contributed by atoms with van der Waals surface area (Å²) in [7, 11) is 0. The van der Waals surface area contributed by atoms with Crippen LogP contribution in [0, 0.1) is 0 Å². The predicted octanol–water partition coefficient (Wildman–Crippen LogP) is 4.19. The van der Waals surface area contributed by atoms with Crippen molar-refractivity contribution in [3.05, 3.63) is 53.6 Å². The zero-order valence-corrected chi connectivity index (χ0v) is 16.4. The summed E-state index contributed by atoms with van der Waals surface area (Å²) in [6, 6.07) is 14.5.